The maximum atomic E-state index is 12.9. The summed E-state index contributed by atoms with van der Waals surface area (Å²) in [5.41, 5.74) is 1.05. The largest absolute Gasteiger partial charge is 0.475 e. The molecule has 1 aliphatic rings. The molecule has 1 N–H and O–H groups in total. The minimum absolute atomic E-state index is 0.0782. The van der Waals surface area contributed by atoms with Crippen LogP contribution in [0.15, 0.2) is 46.9 Å². The average molecular weight is 327 g/mol. The Morgan fingerprint density at radius 2 is 1.83 bits per heavy atom. The summed E-state index contributed by atoms with van der Waals surface area (Å²) in [7, 11) is 0. The fourth-order valence-corrected chi connectivity index (χ4v) is 2.99. The number of aromatic carboxylic acids is 1. The van der Waals surface area contributed by atoms with Gasteiger partial charge in [-0.05, 0) is 43.4 Å². The lowest BCUT2D eigenvalue weighted by molar-refractivity contribution is 0.0570. The van der Waals surface area contributed by atoms with Crippen LogP contribution in [0, 0.1) is 5.92 Å². The van der Waals surface area contributed by atoms with Gasteiger partial charge in [-0.15, -0.1) is 0 Å². The number of hydrogen-bond acceptors (Lipinski definition) is 3. The summed E-state index contributed by atoms with van der Waals surface area (Å²) in [6, 6.07) is 12.5. The van der Waals surface area contributed by atoms with E-state index in [2.05, 4.69) is 0 Å². The van der Waals surface area contributed by atoms with Gasteiger partial charge in [-0.2, -0.15) is 0 Å². The number of hydrogen-bond donors (Lipinski definition) is 1. The standard InChI is InChI=1S/C19H21NO4/c1-13(15-8-3-2-4-9-15)20(12-14-6-5-7-14)18(21)16-10-11-17(24-16)19(22)23/h2-4,8-11,13-14H,5-7,12H2,1H3,(H,22,23). The first-order chi connectivity index (χ1) is 11.6. The van der Waals surface area contributed by atoms with Gasteiger partial charge in [-0.1, -0.05) is 36.8 Å². The van der Waals surface area contributed by atoms with E-state index in [9.17, 15) is 9.59 Å². The van der Waals surface area contributed by atoms with Crippen LogP contribution in [0.4, 0.5) is 0 Å². The van der Waals surface area contributed by atoms with E-state index in [1.54, 1.807) is 4.90 Å². The molecule has 1 unspecified atom stereocenters. The zero-order chi connectivity index (χ0) is 17.1. The first-order valence-electron chi connectivity index (χ1n) is 8.25. The molecule has 1 fully saturated rings. The van der Waals surface area contributed by atoms with Crippen molar-refractivity contribution >= 4 is 11.9 Å². The lowest BCUT2D eigenvalue weighted by Gasteiger charge is -2.35. The summed E-state index contributed by atoms with van der Waals surface area (Å²) in [5, 5.41) is 8.98. The number of amides is 1. The van der Waals surface area contributed by atoms with Gasteiger partial charge in [-0.25, -0.2) is 4.79 Å². The Morgan fingerprint density at radius 3 is 2.38 bits per heavy atom. The number of benzene rings is 1. The Kier molecular flexibility index (Phi) is 4.69. The lowest BCUT2D eigenvalue weighted by Crippen LogP contribution is -2.39. The summed E-state index contributed by atoms with van der Waals surface area (Å²) in [6.45, 7) is 2.66. The second-order valence-electron chi connectivity index (χ2n) is 6.31. The Morgan fingerprint density at radius 1 is 1.17 bits per heavy atom. The fourth-order valence-electron chi connectivity index (χ4n) is 2.99. The Labute approximate surface area is 140 Å². The summed E-state index contributed by atoms with van der Waals surface area (Å²) < 4.78 is 5.22. The van der Waals surface area contributed by atoms with Crippen LogP contribution in [0.5, 0.6) is 0 Å². The molecule has 126 valence electrons. The molecule has 1 atom stereocenters. The van der Waals surface area contributed by atoms with E-state index in [4.69, 9.17) is 9.52 Å². The summed E-state index contributed by atoms with van der Waals surface area (Å²) in [4.78, 5) is 25.7. The maximum absolute atomic E-state index is 12.9. The van der Waals surface area contributed by atoms with Gasteiger partial charge in [0.2, 0.25) is 5.76 Å². The molecule has 3 rings (SSSR count). The first-order valence-corrected chi connectivity index (χ1v) is 8.25. The highest BCUT2D eigenvalue weighted by Crippen LogP contribution is 2.31. The van der Waals surface area contributed by atoms with Gasteiger partial charge in [0.15, 0.2) is 5.76 Å². The number of carboxylic acid groups (broad SMARTS) is 1. The van der Waals surface area contributed by atoms with Crippen LogP contribution in [0.25, 0.3) is 0 Å². The van der Waals surface area contributed by atoms with Crippen molar-refractivity contribution in [1.29, 1.82) is 0 Å². The van der Waals surface area contributed by atoms with E-state index in [1.807, 2.05) is 37.3 Å². The minimum Gasteiger partial charge on any atom is -0.475 e. The molecule has 1 aliphatic carbocycles. The van der Waals surface area contributed by atoms with Crippen LogP contribution < -0.4 is 0 Å². The molecule has 2 aromatic rings. The monoisotopic (exact) mass is 327 g/mol. The van der Waals surface area contributed by atoms with Crippen LogP contribution in [0.1, 0.15) is 58.9 Å². The van der Waals surface area contributed by atoms with Gasteiger partial charge in [-0.3, -0.25) is 4.79 Å². The normalized spacial score (nSPS) is 15.5. The predicted molar refractivity (Wildman–Crippen MR) is 88.9 cm³/mol. The van der Waals surface area contributed by atoms with Crippen molar-refractivity contribution < 1.29 is 19.1 Å². The zero-order valence-electron chi connectivity index (χ0n) is 13.6. The molecule has 5 heteroatoms. The molecule has 24 heavy (non-hydrogen) atoms. The Hall–Kier alpha value is -2.56. The van der Waals surface area contributed by atoms with Crippen molar-refractivity contribution in [2.45, 2.75) is 32.2 Å². The van der Waals surface area contributed by atoms with Gasteiger partial charge in [0.05, 0.1) is 6.04 Å². The number of rotatable bonds is 6. The topological polar surface area (TPSA) is 70.8 Å². The van der Waals surface area contributed by atoms with Crippen LogP contribution in [-0.4, -0.2) is 28.4 Å². The summed E-state index contributed by atoms with van der Waals surface area (Å²) in [6.07, 6.45) is 3.46. The summed E-state index contributed by atoms with van der Waals surface area (Å²) in [5.74, 6) is -1.06. The molecular formula is C19H21NO4. The number of furan rings is 1. The molecule has 0 saturated heterocycles. The van der Waals surface area contributed by atoms with E-state index < -0.39 is 5.97 Å². The van der Waals surface area contributed by atoms with Crippen molar-refractivity contribution in [2.75, 3.05) is 6.54 Å². The van der Waals surface area contributed by atoms with Gasteiger partial charge in [0.1, 0.15) is 0 Å². The van der Waals surface area contributed by atoms with Crippen LogP contribution in [-0.2, 0) is 0 Å². The molecule has 1 saturated carbocycles. The van der Waals surface area contributed by atoms with E-state index >= 15 is 0 Å². The minimum atomic E-state index is -1.17. The molecule has 1 heterocycles. The lowest BCUT2D eigenvalue weighted by atomic mass is 9.84. The van der Waals surface area contributed by atoms with Crippen molar-refractivity contribution in [3.8, 4) is 0 Å². The third-order valence-electron chi connectivity index (χ3n) is 4.72. The third kappa shape index (κ3) is 3.35. The fraction of sp³-hybridized carbons (Fsp3) is 0.368. The molecule has 1 amide bonds. The van der Waals surface area contributed by atoms with Crippen molar-refractivity contribution in [3.05, 3.63) is 59.5 Å². The molecule has 1 aromatic heterocycles. The van der Waals surface area contributed by atoms with Gasteiger partial charge in [0, 0.05) is 6.54 Å². The highest BCUT2D eigenvalue weighted by Gasteiger charge is 2.30. The smallest absolute Gasteiger partial charge is 0.371 e. The summed E-state index contributed by atoms with van der Waals surface area (Å²) >= 11 is 0. The van der Waals surface area contributed by atoms with Crippen molar-refractivity contribution in [3.63, 3.8) is 0 Å². The first kappa shape index (κ1) is 16.3. The van der Waals surface area contributed by atoms with Crippen LogP contribution in [0.3, 0.4) is 0 Å². The molecule has 5 nitrogen and oxygen atoms in total. The molecule has 0 bridgehead atoms. The second-order valence-corrected chi connectivity index (χ2v) is 6.31. The van der Waals surface area contributed by atoms with Crippen molar-refractivity contribution in [1.82, 2.24) is 4.90 Å². The van der Waals surface area contributed by atoms with Gasteiger partial charge >= 0.3 is 5.97 Å². The molecular weight excluding hydrogens is 306 g/mol. The van der Waals surface area contributed by atoms with E-state index in [-0.39, 0.29) is 23.5 Å². The van der Waals surface area contributed by atoms with Gasteiger partial charge < -0.3 is 14.4 Å². The van der Waals surface area contributed by atoms with E-state index in [0.717, 1.165) is 18.4 Å². The highest BCUT2D eigenvalue weighted by molar-refractivity contribution is 5.93. The van der Waals surface area contributed by atoms with E-state index in [1.165, 1.54) is 18.6 Å². The molecule has 0 radical (unpaired) electrons. The number of carboxylic acids is 1. The van der Waals surface area contributed by atoms with Crippen molar-refractivity contribution in [2.24, 2.45) is 5.92 Å². The van der Waals surface area contributed by atoms with E-state index in [0.29, 0.717) is 12.5 Å². The number of carbonyl (C=O) groups excluding carboxylic acids is 1. The second kappa shape index (κ2) is 6.91. The molecule has 0 spiro atoms. The SMILES string of the molecule is CC(c1ccccc1)N(CC1CCC1)C(=O)c1ccc(C(=O)O)o1. The van der Waals surface area contributed by atoms with Gasteiger partial charge in [0.25, 0.3) is 5.91 Å². The maximum Gasteiger partial charge on any atom is 0.371 e. The Balaban J connectivity index is 1.85. The number of carbonyl (C=O) groups is 2. The average Bonchev–Trinajstić information content (AvgIpc) is 3.04. The quantitative estimate of drug-likeness (QED) is 0.871. The molecule has 1 aromatic carbocycles. The number of nitrogens with zero attached hydrogens (tertiary/aromatic N) is 1. The zero-order valence-corrected chi connectivity index (χ0v) is 13.6. The molecule has 0 aliphatic heterocycles. The predicted octanol–water partition coefficient (Wildman–Crippen LogP) is 3.98. The Bertz CT molecular complexity index is 718. The van der Waals surface area contributed by atoms with Crippen LogP contribution >= 0.6 is 0 Å². The van der Waals surface area contributed by atoms with Crippen LogP contribution in [0.2, 0.25) is 0 Å². The third-order valence-corrected chi connectivity index (χ3v) is 4.72. The highest BCUT2D eigenvalue weighted by atomic mass is 16.4.